The number of carbonyl (C=O) groups excluding carboxylic acids is 1. The fourth-order valence-corrected chi connectivity index (χ4v) is 3.17. The molecule has 0 aromatic heterocycles. The monoisotopic (exact) mass is 372 g/mol. The highest BCUT2D eigenvalue weighted by molar-refractivity contribution is 7.92. The number of amides is 1. The summed E-state index contributed by atoms with van der Waals surface area (Å²) in [6.07, 6.45) is 0.514. The molecule has 1 amide bonds. The van der Waals surface area contributed by atoms with Crippen molar-refractivity contribution in [1.29, 1.82) is 0 Å². The van der Waals surface area contributed by atoms with Crippen molar-refractivity contribution >= 4 is 21.8 Å². The number of ether oxygens (including phenoxy) is 3. The lowest BCUT2D eigenvalue weighted by molar-refractivity contribution is 0.0529. The molecule has 0 spiro atoms. The number of benzene rings is 1. The van der Waals surface area contributed by atoms with Gasteiger partial charge < -0.3 is 19.5 Å². The van der Waals surface area contributed by atoms with Crippen molar-refractivity contribution in [2.45, 2.75) is 26.4 Å². The van der Waals surface area contributed by atoms with Crippen LogP contribution in [0, 0.1) is 0 Å². The Morgan fingerprint density at radius 1 is 1.24 bits per heavy atom. The zero-order valence-corrected chi connectivity index (χ0v) is 15.7. The predicted molar refractivity (Wildman–Crippen MR) is 93.9 cm³/mol. The average molecular weight is 372 g/mol. The van der Waals surface area contributed by atoms with Crippen molar-refractivity contribution in [2.24, 2.45) is 0 Å². The summed E-state index contributed by atoms with van der Waals surface area (Å²) in [7, 11) is -3.53. The van der Waals surface area contributed by atoms with E-state index in [4.69, 9.17) is 14.2 Å². The quantitative estimate of drug-likeness (QED) is 0.846. The van der Waals surface area contributed by atoms with Crippen molar-refractivity contribution in [1.82, 2.24) is 5.32 Å². The highest BCUT2D eigenvalue weighted by atomic mass is 32.2. The van der Waals surface area contributed by atoms with Crippen LogP contribution in [0.25, 0.3) is 0 Å². The van der Waals surface area contributed by atoms with Gasteiger partial charge in [0.1, 0.15) is 18.8 Å². The third kappa shape index (κ3) is 5.70. The van der Waals surface area contributed by atoms with Gasteiger partial charge in [-0.1, -0.05) is 0 Å². The van der Waals surface area contributed by atoms with Gasteiger partial charge in [0.05, 0.1) is 18.5 Å². The summed E-state index contributed by atoms with van der Waals surface area (Å²) in [5, 5.41) is 2.55. The molecule has 1 N–H and O–H groups in total. The number of hydrogen-bond acceptors (Lipinski definition) is 6. The minimum Gasteiger partial charge on any atom is -0.486 e. The third-order valence-corrected chi connectivity index (χ3v) is 4.39. The minimum absolute atomic E-state index is 0.0672. The summed E-state index contributed by atoms with van der Waals surface area (Å²) >= 11 is 0. The zero-order chi connectivity index (χ0) is 18.7. The second-order valence-electron chi connectivity index (χ2n) is 6.59. The molecule has 9 heteroatoms. The first kappa shape index (κ1) is 19.2. The maximum absolute atomic E-state index is 12.1. The van der Waals surface area contributed by atoms with Crippen LogP contribution in [-0.2, 0) is 14.8 Å². The first-order chi connectivity index (χ1) is 11.6. The molecule has 0 aliphatic carbocycles. The Morgan fingerprint density at radius 3 is 2.48 bits per heavy atom. The number of sulfonamides is 1. The molecule has 0 saturated heterocycles. The molecule has 1 aromatic carbocycles. The summed E-state index contributed by atoms with van der Waals surface area (Å²) in [6.45, 7) is 6.31. The molecule has 0 unspecified atom stereocenters. The van der Waals surface area contributed by atoms with E-state index >= 15 is 0 Å². The summed E-state index contributed by atoms with van der Waals surface area (Å²) in [5.41, 5.74) is -0.172. The number of rotatable bonds is 5. The van der Waals surface area contributed by atoms with E-state index in [-0.39, 0.29) is 13.1 Å². The van der Waals surface area contributed by atoms with Crippen LogP contribution >= 0.6 is 0 Å². The maximum Gasteiger partial charge on any atom is 0.407 e. The highest BCUT2D eigenvalue weighted by Gasteiger charge is 2.21. The van der Waals surface area contributed by atoms with Gasteiger partial charge >= 0.3 is 6.09 Å². The Labute approximate surface area is 148 Å². The van der Waals surface area contributed by atoms with Crippen LogP contribution < -0.4 is 19.1 Å². The molecule has 140 valence electrons. The van der Waals surface area contributed by atoms with Crippen molar-refractivity contribution in [3.63, 3.8) is 0 Å². The number of hydrogen-bond donors (Lipinski definition) is 1. The Morgan fingerprint density at radius 2 is 1.88 bits per heavy atom. The van der Waals surface area contributed by atoms with Crippen molar-refractivity contribution in [3.8, 4) is 11.5 Å². The van der Waals surface area contributed by atoms with Crippen molar-refractivity contribution in [2.75, 3.05) is 36.9 Å². The number of carbonyl (C=O) groups is 1. The van der Waals surface area contributed by atoms with Crippen LogP contribution in [0.15, 0.2) is 18.2 Å². The SMILES string of the molecule is CC(C)(C)OC(=O)NCCN(c1ccc2c(c1)OCCO2)S(C)(=O)=O. The van der Waals surface area contributed by atoms with E-state index in [1.54, 1.807) is 39.0 Å². The van der Waals surface area contributed by atoms with E-state index in [2.05, 4.69) is 5.32 Å². The lowest BCUT2D eigenvalue weighted by Crippen LogP contribution is -2.40. The Kier molecular flexibility index (Phi) is 5.66. The summed E-state index contributed by atoms with van der Waals surface area (Å²) in [5.74, 6) is 1.08. The molecule has 0 radical (unpaired) electrons. The van der Waals surface area contributed by atoms with Crippen LogP contribution in [0.4, 0.5) is 10.5 Å². The van der Waals surface area contributed by atoms with E-state index in [1.807, 2.05) is 0 Å². The maximum atomic E-state index is 12.1. The van der Waals surface area contributed by atoms with E-state index < -0.39 is 21.7 Å². The Balaban J connectivity index is 2.06. The molecule has 0 atom stereocenters. The molecular weight excluding hydrogens is 348 g/mol. The normalized spacial score (nSPS) is 13.9. The summed E-state index contributed by atoms with van der Waals surface area (Å²) < 4.78 is 41.5. The number of nitrogens with one attached hydrogen (secondary N) is 1. The highest BCUT2D eigenvalue weighted by Crippen LogP contribution is 2.34. The van der Waals surface area contributed by atoms with Gasteiger partial charge in [-0.25, -0.2) is 13.2 Å². The number of nitrogens with zero attached hydrogens (tertiary/aromatic N) is 1. The second kappa shape index (κ2) is 7.38. The summed E-state index contributed by atoms with van der Waals surface area (Å²) in [6, 6.07) is 4.92. The topological polar surface area (TPSA) is 94.2 Å². The van der Waals surface area contributed by atoms with Crippen LogP contribution in [0.1, 0.15) is 20.8 Å². The van der Waals surface area contributed by atoms with Gasteiger partial charge in [0, 0.05) is 12.6 Å². The van der Waals surface area contributed by atoms with E-state index in [1.165, 1.54) is 4.31 Å². The number of anilines is 1. The number of fused-ring (bicyclic) bond motifs is 1. The molecule has 1 aromatic rings. The molecule has 1 aliphatic heterocycles. The first-order valence-corrected chi connectivity index (χ1v) is 9.75. The molecule has 0 bridgehead atoms. The molecule has 2 rings (SSSR count). The number of alkyl carbamates (subject to hydrolysis) is 1. The van der Waals surface area contributed by atoms with Gasteiger partial charge in [0.25, 0.3) is 0 Å². The third-order valence-electron chi connectivity index (χ3n) is 3.20. The first-order valence-electron chi connectivity index (χ1n) is 7.90. The predicted octanol–water partition coefficient (Wildman–Crippen LogP) is 1.75. The Bertz CT molecular complexity index is 727. The molecule has 0 saturated carbocycles. The molecule has 1 heterocycles. The van der Waals surface area contributed by atoms with Gasteiger partial charge in [-0.2, -0.15) is 0 Å². The smallest absolute Gasteiger partial charge is 0.407 e. The van der Waals surface area contributed by atoms with E-state index in [0.717, 1.165) is 6.26 Å². The molecule has 25 heavy (non-hydrogen) atoms. The second-order valence-corrected chi connectivity index (χ2v) is 8.50. The lowest BCUT2D eigenvalue weighted by atomic mass is 10.2. The van der Waals surface area contributed by atoms with Crippen molar-refractivity contribution < 1.29 is 27.4 Å². The fourth-order valence-electron chi connectivity index (χ4n) is 2.25. The molecule has 1 aliphatic rings. The molecular formula is C16H24N2O6S. The average Bonchev–Trinajstić information content (AvgIpc) is 2.48. The van der Waals surface area contributed by atoms with Crippen LogP contribution in [0.3, 0.4) is 0 Å². The zero-order valence-electron chi connectivity index (χ0n) is 14.9. The van der Waals surface area contributed by atoms with Crippen LogP contribution in [-0.4, -0.2) is 52.7 Å². The van der Waals surface area contributed by atoms with Gasteiger partial charge in [0.15, 0.2) is 11.5 Å². The standard InChI is InChI=1S/C16H24N2O6S/c1-16(2,3)24-15(19)17-7-8-18(25(4,20)21)12-5-6-13-14(11-12)23-10-9-22-13/h5-6,11H,7-10H2,1-4H3,(H,17,19). The van der Waals surface area contributed by atoms with E-state index in [0.29, 0.717) is 30.4 Å². The van der Waals surface area contributed by atoms with Gasteiger partial charge in [-0.05, 0) is 32.9 Å². The van der Waals surface area contributed by atoms with Crippen LogP contribution in [0.5, 0.6) is 11.5 Å². The van der Waals surface area contributed by atoms with Crippen LogP contribution in [0.2, 0.25) is 0 Å². The van der Waals surface area contributed by atoms with E-state index in [9.17, 15) is 13.2 Å². The largest absolute Gasteiger partial charge is 0.486 e. The van der Waals surface area contributed by atoms with Gasteiger partial charge in [-0.3, -0.25) is 4.31 Å². The lowest BCUT2D eigenvalue weighted by Gasteiger charge is -2.25. The molecule has 8 nitrogen and oxygen atoms in total. The Hall–Kier alpha value is -2.16. The van der Waals surface area contributed by atoms with Crippen molar-refractivity contribution in [3.05, 3.63) is 18.2 Å². The van der Waals surface area contributed by atoms with Gasteiger partial charge in [0.2, 0.25) is 10.0 Å². The van der Waals surface area contributed by atoms with Gasteiger partial charge in [-0.15, -0.1) is 0 Å². The fraction of sp³-hybridized carbons (Fsp3) is 0.562. The minimum atomic E-state index is -3.53. The molecule has 0 fully saturated rings. The summed E-state index contributed by atoms with van der Waals surface area (Å²) in [4.78, 5) is 11.7.